The summed E-state index contributed by atoms with van der Waals surface area (Å²) in [6.45, 7) is 12.2. The Balaban J connectivity index is 0.000000112. The van der Waals surface area contributed by atoms with Crippen LogP contribution in [0.5, 0.6) is 0 Å². The molecule has 0 fully saturated rings. The predicted molar refractivity (Wildman–Crippen MR) is 550 cm³/mol. The van der Waals surface area contributed by atoms with Gasteiger partial charge < -0.3 is 17.7 Å². The van der Waals surface area contributed by atoms with Crippen molar-refractivity contribution in [3.05, 3.63) is 407 Å². The van der Waals surface area contributed by atoms with E-state index in [9.17, 15) is 0 Å². The van der Waals surface area contributed by atoms with E-state index in [2.05, 4.69) is 265 Å². The summed E-state index contributed by atoms with van der Waals surface area (Å²) in [7, 11) is 8.06. The number of aromatic nitrogens is 4. The first-order valence-electron chi connectivity index (χ1n) is 49.5. The first kappa shape index (κ1) is 73.3. The van der Waals surface area contributed by atoms with Gasteiger partial charge in [-0.1, -0.05) is 261 Å². The summed E-state index contributed by atoms with van der Waals surface area (Å²) >= 11 is 0. The Bertz CT molecular complexity index is 9210. The molecule has 0 bridgehead atoms. The fourth-order valence-corrected chi connectivity index (χ4v) is 20.4. The molecule has 0 aliphatic rings. The lowest BCUT2D eigenvalue weighted by atomic mass is 9.93. The largest absolute Gasteiger partial charge is 0.454 e. The van der Waals surface area contributed by atoms with Crippen LogP contribution in [0.15, 0.2) is 358 Å². The molecule has 8 heteroatoms. The number of nitrogens with zero attached hydrogens (tertiary/aromatic N) is 4. The van der Waals surface area contributed by atoms with E-state index >= 15 is 0 Å². The molecule has 8 nitrogen and oxygen atoms in total. The second-order valence-electron chi connectivity index (χ2n) is 35.5. The highest BCUT2D eigenvalue weighted by molar-refractivity contribution is 6.23. The Morgan fingerprint density at radius 3 is 0.970 bits per heavy atom. The summed E-state index contributed by atoms with van der Waals surface area (Å²) < 4.78 is 109. The molecule has 0 aliphatic carbocycles. The van der Waals surface area contributed by atoms with Gasteiger partial charge in [-0.3, -0.25) is 0 Å². The molecule has 0 aliphatic heterocycles. The summed E-state index contributed by atoms with van der Waals surface area (Å²) in [6, 6.07) is 107. The van der Waals surface area contributed by atoms with Crippen molar-refractivity contribution in [2.75, 3.05) is 0 Å². The first-order chi connectivity index (χ1) is 67.7. The first-order valence-corrected chi connectivity index (χ1v) is 45.0. The number of rotatable bonds is 8. The maximum atomic E-state index is 8.31. The standard InChI is InChI=1S/C32H28NO.2C31H26NO.C30H24NO/c1-19-16-27-29-20(2)15-21(3)30(32(29)34-31(27)25-14-10-9-13-24(19)25)28-17-26(22(4)18-33(28)5)23-11-7-6-8-12-23;1-19-16-20(2)29(27-17-26(21(3)18-32(27)4)22-10-6-5-7-11-22)31-28(19)25-15-14-23-12-8-9-13-24(23)30(25)33-31;1-19-14-15-25-27-16-20(2)23-12-8-9-13-24(23)30(27)33-31(25)29(19)28-17-26(21(3)18-32(28)4)22-10-6-5-7-11-22;1-19-17-20(2)28(26-18-23(15-16-31(26)3)21-9-5-4-6-10-21)30-27(19)25-14-13-22-11-7-8-12-24(22)29(25)32-30/h6-18H,1-5H3;2*5-18H,1-4H3;4-18H,1-3H3/q4*+1/i;1D3,3D3;;1D3. The van der Waals surface area contributed by atoms with E-state index in [0.717, 1.165) is 128 Å². The van der Waals surface area contributed by atoms with E-state index in [1.54, 1.807) is 23.9 Å². The Morgan fingerprint density at radius 2 is 0.523 bits per heavy atom. The van der Waals surface area contributed by atoms with Gasteiger partial charge in [-0.25, -0.2) is 18.3 Å². The van der Waals surface area contributed by atoms with E-state index in [0.29, 0.717) is 38.6 Å². The zero-order chi connectivity index (χ0) is 98.3. The van der Waals surface area contributed by atoms with E-state index in [-0.39, 0.29) is 11.1 Å². The Hall–Kier alpha value is -15.6. The third kappa shape index (κ3) is 14.3. The van der Waals surface area contributed by atoms with Gasteiger partial charge in [0.15, 0.2) is 24.8 Å². The molecular formula is C124H104N4O4+4. The summed E-state index contributed by atoms with van der Waals surface area (Å²) in [5.41, 5.74) is 34.0. The molecule has 132 heavy (non-hydrogen) atoms. The van der Waals surface area contributed by atoms with Gasteiger partial charge in [0.05, 0.1) is 22.3 Å². The summed E-state index contributed by atoms with van der Waals surface area (Å²) in [4.78, 5) is 0. The van der Waals surface area contributed by atoms with E-state index in [1.807, 2.05) is 161 Å². The number of furan rings is 4. The van der Waals surface area contributed by atoms with Crippen LogP contribution in [0, 0.1) is 82.9 Å². The van der Waals surface area contributed by atoms with Crippen molar-refractivity contribution in [1.29, 1.82) is 0 Å². The van der Waals surface area contributed by atoms with Crippen molar-refractivity contribution >= 4 is 131 Å². The molecule has 24 rings (SSSR count). The summed E-state index contributed by atoms with van der Waals surface area (Å²) in [5.74, 6) is 0. The Labute approximate surface area is 782 Å². The maximum absolute atomic E-state index is 8.31. The van der Waals surface area contributed by atoms with Gasteiger partial charge in [-0.15, -0.1) is 0 Å². The molecule has 0 radical (unpaired) electrons. The average Bonchev–Trinajstić information content (AvgIpc) is 1.84. The van der Waals surface area contributed by atoms with Gasteiger partial charge in [-0.2, -0.15) is 0 Å². The zero-order valence-corrected chi connectivity index (χ0v) is 76.3. The van der Waals surface area contributed by atoms with Crippen LogP contribution in [0.1, 0.15) is 79.1 Å². The molecular weight excluding hydrogens is 1610 g/mol. The number of aryl methyl sites for hydroxylation is 16. The minimum Gasteiger partial charge on any atom is -0.454 e. The monoisotopic (exact) mass is 1720 g/mol. The van der Waals surface area contributed by atoms with Gasteiger partial charge >= 0.3 is 0 Å². The third-order valence-electron chi connectivity index (χ3n) is 26.8. The maximum Gasteiger partial charge on any atom is 0.216 e. The van der Waals surface area contributed by atoms with Crippen molar-refractivity contribution in [3.63, 3.8) is 0 Å². The van der Waals surface area contributed by atoms with Gasteiger partial charge in [0.1, 0.15) is 72.9 Å². The van der Waals surface area contributed by atoms with Crippen LogP contribution < -0.4 is 18.3 Å². The van der Waals surface area contributed by atoms with Gasteiger partial charge in [0.25, 0.3) is 0 Å². The SMILES string of the molecule is Cc1c[n+](C)c(-c2c(C)cc(C)c3c2oc2c4ccccc4c(C)cc23)cc1-c1ccccc1.Cc1c[n+](C)c(-c2c(C)ccc3c2oc2c4ccccc4c(C)cc32)cc1-c1ccccc1.[2H]C([2H])([2H])c1c[n+](C)c(-c2c(C)cc(C([2H])([2H])[2H])c3c2oc2c4ccccc4ccc23)cc1-c1ccccc1.[2H]C([2H])([2H])c1cc(C)c(-c2cc(-c3ccccc3)cc[n+]2C)c2oc3c4ccccc4ccc3c12. The number of benzene rings is 16. The van der Waals surface area contributed by atoms with E-state index in [1.165, 1.54) is 110 Å². The molecule has 0 atom stereocenters. The molecule has 0 saturated carbocycles. The van der Waals surface area contributed by atoms with Gasteiger partial charge in [-0.05, 0) is 223 Å². The van der Waals surface area contributed by atoms with Crippen molar-refractivity contribution in [3.8, 4) is 89.5 Å². The molecule has 0 spiro atoms. The van der Waals surface area contributed by atoms with E-state index < -0.39 is 20.6 Å². The Kier molecular flexibility index (Phi) is 18.6. The van der Waals surface area contributed by atoms with Gasteiger partial charge in [0, 0.05) is 124 Å². The van der Waals surface area contributed by atoms with Crippen molar-refractivity contribution in [2.45, 2.75) is 82.9 Å². The van der Waals surface area contributed by atoms with Crippen molar-refractivity contribution in [1.82, 2.24) is 0 Å². The average molecular weight is 1720 g/mol. The van der Waals surface area contributed by atoms with Crippen LogP contribution in [-0.4, -0.2) is 0 Å². The van der Waals surface area contributed by atoms with Gasteiger partial charge in [0.2, 0.25) is 22.8 Å². The van der Waals surface area contributed by atoms with E-state index in [4.69, 9.17) is 30.0 Å². The highest BCUT2D eigenvalue weighted by Crippen LogP contribution is 2.49. The van der Waals surface area contributed by atoms with Crippen LogP contribution in [0.2, 0.25) is 0 Å². The molecule has 0 unspecified atom stereocenters. The normalized spacial score (nSPS) is 12.9. The number of hydrogen-bond donors (Lipinski definition) is 0. The van der Waals surface area contributed by atoms with Crippen LogP contribution in [0.25, 0.3) is 220 Å². The number of fused-ring (bicyclic) bond motifs is 20. The molecule has 8 aromatic heterocycles. The molecule has 0 saturated heterocycles. The quantitative estimate of drug-likeness (QED) is 0.142. The lowest BCUT2D eigenvalue weighted by Gasteiger charge is -2.11. The highest BCUT2D eigenvalue weighted by atomic mass is 16.3. The molecule has 0 amide bonds. The fraction of sp³-hybridized carbons (Fsp3) is 0.129. The molecule has 24 aromatic rings. The minimum atomic E-state index is -2.35. The molecule has 0 N–H and O–H groups in total. The predicted octanol–water partition coefficient (Wildman–Crippen LogP) is 31.3. The second-order valence-corrected chi connectivity index (χ2v) is 35.5. The van der Waals surface area contributed by atoms with Crippen molar-refractivity contribution in [2.24, 2.45) is 28.2 Å². The number of hydrogen-bond acceptors (Lipinski definition) is 4. The van der Waals surface area contributed by atoms with Crippen molar-refractivity contribution < 1.29 is 48.3 Å². The summed E-state index contributed by atoms with van der Waals surface area (Å²) in [6.07, 6.45) is 8.13. The van der Waals surface area contributed by atoms with Crippen LogP contribution in [0.4, 0.5) is 0 Å². The second kappa shape index (κ2) is 33.5. The summed E-state index contributed by atoms with van der Waals surface area (Å²) in [5, 5.41) is 16.3. The van der Waals surface area contributed by atoms with Crippen LogP contribution >= 0.6 is 0 Å². The zero-order valence-electron chi connectivity index (χ0n) is 85.3. The smallest absolute Gasteiger partial charge is 0.216 e. The lowest BCUT2D eigenvalue weighted by molar-refractivity contribution is -0.660. The molecule has 8 heterocycles. The van der Waals surface area contributed by atoms with Crippen LogP contribution in [-0.2, 0) is 28.2 Å². The third-order valence-corrected chi connectivity index (χ3v) is 26.8. The Morgan fingerprint density at radius 1 is 0.197 bits per heavy atom. The topological polar surface area (TPSA) is 68.1 Å². The van der Waals surface area contributed by atoms with Crippen LogP contribution in [0.3, 0.4) is 0 Å². The minimum absolute atomic E-state index is 0.234. The molecule has 16 aromatic carbocycles. The lowest BCUT2D eigenvalue weighted by Crippen LogP contribution is -2.31. The number of pyridine rings is 4. The molecule has 640 valence electrons. The highest BCUT2D eigenvalue weighted by Gasteiger charge is 2.31. The fourth-order valence-electron chi connectivity index (χ4n) is 20.4.